The van der Waals surface area contributed by atoms with E-state index in [1.807, 2.05) is 0 Å². The Morgan fingerprint density at radius 2 is 1.61 bits per heavy atom. The van der Waals surface area contributed by atoms with Gasteiger partial charge >= 0.3 is 5.97 Å². The van der Waals surface area contributed by atoms with Gasteiger partial charge in [0.1, 0.15) is 17.3 Å². The molecular formula is C18H17N3O6S. The van der Waals surface area contributed by atoms with Gasteiger partial charge in [-0.1, -0.05) is 18.2 Å². The average molecular weight is 403 g/mol. The van der Waals surface area contributed by atoms with E-state index < -0.39 is 16.0 Å². The molecule has 1 aromatic heterocycles. The van der Waals surface area contributed by atoms with Crippen molar-refractivity contribution in [3.63, 3.8) is 0 Å². The number of aromatic nitrogens is 2. The highest BCUT2D eigenvalue weighted by Gasteiger charge is 2.23. The van der Waals surface area contributed by atoms with Crippen molar-refractivity contribution in [2.75, 3.05) is 20.0 Å². The predicted molar refractivity (Wildman–Crippen MR) is 100 cm³/mol. The Balaban J connectivity index is 1.89. The van der Waals surface area contributed by atoms with Gasteiger partial charge < -0.3 is 19.9 Å². The fourth-order valence-electron chi connectivity index (χ4n) is 2.37. The Morgan fingerprint density at radius 3 is 2.18 bits per heavy atom. The molecule has 28 heavy (non-hydrogen) atoms. The van der Waals surface area contributed by atoms with Crippen molar-refractivity contribution >= 4 is 21.8 Å². The molecule has 0 fully saturated rings. The van der Waals surface area contributed by atoms with Gasteiger partial charge in [-0.3, -0.25) is 0 Å². The number of carbonyl (C=O) groups excluding carboxylic acids is 1. The Bertz CT molecular complexity index is 1090. The molecule has 0 amide bonds. The number of nitrogen functional groups attached to an aromatic ring is 1. The average Bonchev–Trinajstić information content (AvgIpc) is 3.08. The van der Waals surface area contributed by atoms with Gasteiger partial charge in [0, 0.05) is 12.1 Å². The first-order valence-corrected chi connectivity index (χ1v) is 9.40. The molecular weight excluding hydrogens is 386 g/mol. The summed E-state index contributed by atoms with van der Waals surface area (Å²) in [7, 11) is -1.13. The summed E-state index contributed by atoms with van der Waals surface area (Å²) in [5.74, 6) is -0.455. The molecule has 2 N–H and O–H groups in total. The number of ether oxygens (including phenoxy) is 3. The molecule has 2 aromatic carbocycles. The third kappa shape index (κ3) is 3.76. The second-order valence-electron chi connectivity index (χ2n) is 5.56. The van der Waals surface area contributed by atoms with Crippen LogP contribution >= 0.6 is 0 Å². The molecule has 0 aliphatic carbocycles. The summed E-state index contributed by atoms with van der Waals surface area (Å²) in [5.41, 5.74) is 5.90. The van der Waals surface area contributed by atoms with Crippen LogP contribution in [0.4, 0.5) is 5.82 Å². The molecule has 0 spiro atoms. The topological polar surface area (TPSA) is 123 Å². The van der Waals surface area contributed by atoms with Crippen molar-refractivity contribution in [1.29, 1.82) is 0 Å². The summed E-state index contributed by atoms with van der Waals surface area (Å²) < 4.78 is 41.3. The van der Waals surface area contributed by atoms with Gasteiger partial charge in [-0.2, -0.15) is 8.42 Å². The largest absolute Gasteiger partial charge is 0.497 e. The molecule has 0 aliphatic heterocycles. The van der Waals surface area contributed by atoms with Crippen molar-refractivity contribution in [1.82, 2.24) is 9.19 Å². The van der Waals surface area contributed by atoms with E-state index in [2.05, 4.69) is 5.10 Å². The number of hydrogen-bond donors (Lipinski definition) is 1. The minimum absolute atomic E-state index is 0.000193. The third-order valence-corrected chi connectivity index (χ3v) is 5.35. The zero-order valence-corrected chi connectivity index (χ0v) is 15.8. The monoisotopic (exact) mass is 403 g/mol. The number of nitrogens with zero attached hydrogens (tertiary/aromatic N) is 2. The summed E-state index contributed by atoms with van der Waals surface area (Å²) in [6, 6.07) is 13.3. The highest BCUT2D eigenvalue weighted by molar-refractivity contribution is 7.90. The Labute approximate surface area is 161 Å². The van der Waals surface area contributed by atoms with Gasteiger partial charge in [-0.05, 0) is 24.3 Å². The van der Waals surface area contributed by atoms with E-state index in [1.165, 1.54) is 38.5 Å². The molecule has 0 radical (unpaired) electrons. The van der Waals surface area contributed by atoms with E-state index >= 15 is 0 Å². The molecule has 0 unspecified atom stereocenters. The Hall–Kier alpha value is -3.53. The fraction of sp³-hybridized carbons (Fsp3) is 0.111. The number of methoxy groups -OCH3 is 2. The maximum absolute atomic E-state index is 12.6. The van der Waals surface area contributed by atoms with Crippen LogP contribution in [0.2, 0.25) is 0 Å². The van der Waals surface area contributed by atoms with Crippen molar-refractivity contribution in [2.45, 2.75) is 4.90 Å². The zero-order chi connectivity index (χ0) is 20.3. The molecule has 0 saturated heterocycles. The van der Waals surface area contributed by atoms with Gasteiger partial charge in [0.15, 0.2) is 0 Å². The van der Waals surface area contributed by atoms with Crippen molar-refractivity contribution in [2.24, 2.45) is 0 Å². The van der Waals surface area contributed by atoms with Crippen LogP contribution in [0.3, 0.4) is 0 Å². The molecule has 0 atom stereocenters. The van der Waals surface area contributed by atoms with Gasteiger partial charge in [-0.15, -0.1) is 9.19 Å². The lowest BCUT2D eigenvalue weighted by Gasteiger charge is -2.07. The van der Waals surface area contributed by atoms with E-state index in [0.717, 1.165) is 6.07 Å². The van der Waals surface area contributed by atoms with Crippen molar-refractivity contribution in [3.05, 3.63) is 60.2 Å². The molecule has 1 heterocycles. The van der Waals surface area contributed by atoms with E-state index in [9.17, 15) is 13.2 Å². The van der Waals surface area contributed by atoms with E-state index in [-0.39, 0.29) is 22.2 Å². The number of carbonyl (C=O) groups is 1. The SMILES string of the molecule is COc1cc(OC)cc(C(=O)Oc2cc(N)n(S(=O)(=O)c3ccccc3)n2)c1. The molecule has 0 bridgehead atoms. The van der Waals surface area contributed by atoms with Crippen LogP contribution in [-0.4, -0.2) is 37.8 Å². The van der Waals surface area contributed by atoms with Crippen LogP contribution in [0.15, 0.2) is 59.5 Å². The second kappa shape index (κ2) is 7.61. The molecule has 0 saturated carbocycles. The van der Waals surface area contributed by atoms with Crippen LogP contribution in [0.25, 0.3) is 0 Å². The van der Waals surface area contributed by atoms with Crippen LogP contribution in [-0.2, 0) is 10.0 Å². The predicted octanol–water partition coefficient (Wildman–Crippen LogP) is 1.94. The summed E-state index contributed by atoms with van der Waals surface area (Å²) in [6.45, 7) is 0. The molecule has 3 rings (SSSR count). The molecule has 146 valence electrons. The molecule has 3 aromatic rings. The van der Waals surface area contributed by atoms with Crippen LogP contribution in [0.5, 0.6) is 17.4 Å². The Kier molecular flexibility index (Phi) is 5.23. The lowest BCUT2D eigenvalue weighted by atomic mass is 10.2. The fourth-order valence-corrected chi connectivity index (χ4v) is 3.59. The third-order valence-electron chi connectivity index (χ3n) is 3.73. The van der Waals surface area contributed by atoms with E-state index in [4.69, 9.17) is 19.9 Å². The summed E-state index contributed by atoms with van der Waals surface area (Å²) in [6.07, 6.45) is 0. The summed E-state index contributed by atoms with van der Waals surface area (Å²) >= 11 is 0. The number of hydrogen-bond acceptors (Lipinski definition) is 8. The first-order valence-electron chi connectivity index (χ1n) is 7.96. The van der Waals surface area contributed by atoms with Gasteiger partial charge in [0.05, 0.1) is 24.7 Å². The minimum Gasteiger partial charge on any atom is -0.497 e. The molecule has 0 aliphatic rings. The van der Waals surface area contributed by atoms with Crippen LogP contribution in [0.1, 0.15) is 10.4 Å². The number of rotatable bonds is 6. The van der Waals surface area contributed by atoms with Crippen LogP contribution in [0, 0.1) is 0 Å². The number of esters is 1. The second-order valence-corrected chi connectivity index (χ2v) is 7.33. The minimum atomic E-state index is -4.02. The van der Waals surface area contributed by atoms with E-state index in [0.29, 0.717) is 15.6 Å². The molecule has 10 heteroatoms. The Morgan fingerprint density at radius 1 is 1.00 bits per heavy atom. The number of nitrogens with two attached hydrogens (primary N) is 1. The molecule has 9 nitrogen and oxygen atoms in total. The zero-order valence-electron chi connectivity index (χ0n) is 15.0. The van der Waals surface area contributed by atoms with Gasteiger partial charge in [0.2, 0.25) is 5.88 Å². The normalized spacial score (nSPS) is 11.1. The maximum Gasteiger partial charge on any atom is 0.345 e. The maximum atomic E-state index is 12.6. The van der Waals surface area contributed by atoms with Gasteiger partial charge in [-0.25, -0.2) is 4.79 Å². The highest BCUT2D eigenvalue weighted by Crippen LogP contribution is 2.25. The lowest BCUT2D eigenvalue weighted by Crippen LogP contribution is -2.17. The summed E-state index contributed by atoms with van der Waals surface area (Å²) in [5, 5.41) is 3.81. The van der Waals surface area contributed by atoms with E-state index in [1.54, 1.807) is 24.3 Å². The standard InChI is InChI=1S/C18H17N3O6S/c1-25-13-8-12(9-14(10-13)26-2)18(22)27-17-11-16(19)21(20-17)28(23,24)15-6-4-3-5-7-15/h3-11H,19H2,1-2H3. The van der Waals surface area contributed by atoms with Crippen molar-refractivity contribution < 1.29 is 27.4 Å². The number of benzene rings is 2. The highest BCUT2D eigenvalue weighted by atomic mass is 32.2. The first kappa shape index (κ1) is 19.2. The summed E-state index contributed by atoms with van der Waals surface area (Å²) in [4.78, 5) is 12.4. The smallest absolute Gasteiger partial charge is 0.345 e. The first-order chi connectivity index (χ1) is 13.3. The quantitative estimate of drug-likeness (QED) is 0.620. The van der Waals surface area contributed by atoms with Crippen LogP contribution < -0.4 is 19.9 Å². The van der Waals surface area contributed by atoms with Crippen molar-refractivity contribution in [3.8, 4) is 17.4 Å². The number of anilines is 1. The lowest BCUT2D eigenvalue weighted by molar-refractivity contribution is 0.0726. The van der Waals surface area contributed by atoms with Gasteiger partial charge in [0.25, 0.3) is 10.0 Å².